The Morgan fingerprint density at radius 2 is 1.77 bits per heavy atom. The lowest BCUT2D eigenvalue weighted by molar-refractivity contribution is 0.00687. The Kier molecular flexibility index (Phi) is 9.48. The maximum atomic E-state index is 14.9. The van der Waals surface area contributed by atoms with E-state index in [1.807, 2.05) is 4.57 Å². The highest BCUT2D eigenvalue weighted by atomic mass is 35.5. The molecule has 0 saturated carbocycles. The standard InChI is InChI=1S/C33H48ClFN4O6Si2/c1-33(2,3)47(7,8)45-26-17-43-28-25(16-42-29(26)28)44-32-37-24-15-21(34)30(38-31(24)39(32)18-41-11-12-46(4,5)6)36-23-10-9-19-13-20(40)14-22(35)27(19)23/h13-15,23,25-26,28-29,40H,9-12,16-18H2,1-8H3,(H,36,38)/t23-,25+,26+,28+,29+/m0/s1. The van der Waals surface area contributed by atoms with Crippen molar-refractivity contribution in [1.82, 2.24) is 14.5 Å². The number of hydrogen-bond acceptors (Lipinski definition) is 9. The van der Waals surface area contributed by atoms with Crippen molar-refractivity contribution < 1.29 is 32.9 Å². The fourth-order valence-electron chi connectivity index (χ4n) is 6.18. The van der Waals surface area contributed by atoms with Gasteiger partial charge >= 0.3 is 6.01 Å². The fraction of sp³-hybridized carbons (Fsp3) is 0.636. The third-order valence-electron chi connectivity index (χ3n) is 9.89. The average Bonchev–Trinajstić information content (AvgIpc) is 3.71. The number of ether oxygens (including phenoxy) is 4. The van der Waals surface area contributed by atoms with E-state index in [-0.39, 0.29) is 41.9 Å². The van der Waals surface area contributed by atoms with Crippen molar-refractivity contribution in [2.45, 2.75) is 115 Å². The van der Waals surface area contributed by atoms with Gasteiger partial charge in [0, 0.05) is 26.3 Å². The van der Waals surface area contributed by atoms with Crippen LogP contribution in [-0.4, -0.2) is 80.3 Å². The van der Waals surface area contributed by atoms with Gasteiger partial charge in [-0.25, -0.2) is 9.37 Å². The molecule has 2 aliphatic heterocycles. The first-order chi connectivity index (χ1) is 22.0. The van der Waals surface area contributed by atoms with Gasteiger partial charge in [0.2, 0.25) is 0 Å². The van der Waals surface area contributed by atoms with Crippen LogP contribution < -0.4 is 10.1 Å². The van der Waals surface area contributed by atoms with Crippen LogP contribution in [0.25, 0.3) is 11.2 Å². The molecule has 258 valence electrons. The van der Waals surface area contributed by atoms with Gasteiger partial charge in [0.15, 0.2) is 20.1 Å². The minimum atomic E-state index is -2.03. The van der Waals surface area contributed by atoms with Crippen LogP contribution in [-0.2, 0) is 31.8 Å². The molecule has 0 amide bonds. The van der Waals surface area contributed by atoms with Crippen molar-refractivity contribution >= 4 is 45.0 Å². The minimum Gasteiger partial charge on any atom is -0.508 e. The lowest BCUT2D eigenvalue weighted by Gasteiger charge is -2.39. The number of aryl methyl sites for hydroxylation is 1. The summed E-state index contributed by atoms with van der Waals surface area (Å²) in [6.45, 7) is 19.7. The number of phenols is 1. The Hall–Kier alpha value is -2.27. The average molecular weight is 707 g/mol. The molecule has 2 N–H and O–H groups in total. The molecule has 0 radical (unpaired) electrons. The van der Waals surface area contributed by atoms with Crippen LogP contribution in [0.15, 0.2) is 18.2 Å². The quantitative estimate of drug-likeness (QED) is 0.157. The normalized spacial score (nSPS) is 24.6. The molecular formula is C33H48ClFN4O6Si2. The predicted octanol–water partition coefficient (Wildman–Crippen LogP) is 7.28. The van der Waals surface area contributed by atoms with Gasteiger partial charge in [-0.1, -0.05) is 52.0 Å². The Balaban J connectivity index is 1.25. The van der Waals surface area contributed by atoms with Crippen LogP contribution in [0.1, 0.15) is 44.4 Å². The summed E-state index contributed by atoms with van der Waals surface area (Å²) in [7, 11) is -3.34. The molecule has 2 fully saturated rings. The molecule has 0 spiro atoms. The van der Waals surface area contributed by atoms with Crippen LogP contribution in [0.3, 0.4) is 0 Å². The van der Waals surface area contributed by atoms with Crippen LogP contribution in [0, 0.1) is 5.82 Å². The SMILES string of the molecule is CC(C)(C)[Si](C)(C)O[C@@H]1CO[C@H]2[C@@H]1OC[C@H]2Oc1nc2cc(Cl)c(N[C@H]3CCc4cc(O)cc(F)c43)nc2n1COCC[Si](C)(C)C. The number of phenolic OH excluding ortho intramolecular Hbond substituents is 1. The zero-order chi connectivity index (χ0) is 33.9. The number of imidazole rings is 1. The molecule has 2 saturated heterocycles. The number of hydrogen-bond donors (Lipinski definition) is 2. The van der Waals surface area contributed by atoms with E-state index in [1.165, 1.54) is 0 Å². The van der Waals surface area contributed by atoms with E-state index in [1.54, 1.807) is 12.1 Å². The zero-order valence-corrected chi connectivity index (χ0v) is 31.4. The molecule has 5 atom stereocenters. The largest absolute Gasteiger partial charge is 0.508 e. The molecule has 0 unspecified atom stereocenters. The maximum absolute atomic E-state index is 14.9. The van der Waals surface area contributed by atoms with Gasteiger partial charge in [0.05, 0.1) is 30.4 Å². The summed E-state index contributed by atoms with van der Waals surface area (Å²) in [5, 5.41) is 13.6. The van der Waals surface area contributed by atoms with Gasteiger partial charge in [0.1, 0.15) is 41.8 Å². The molecule has 6 rings (SSSR count). The fourth-order valence-corrected chi connectivity index (χ4v) is 8.45. The van der Waals surface area contributed by atoms with Crippen molar-refractivity contribution in [3.8, 4) is 11.8 Å². The molecular weight excluding hydrogens is 659 g/mol. The number of aromatic nitrogens is 3. The lowest BCUT2D eigenvalue weighted by Crippen LogP contribution is -2.47. The van der Waals surface area contributed by atoms with E-state index in [4.69, 9.17) is 44.9 Å². The summed E-state index contributed by atoms with van der Waals surface area (Å²) in [6, 6.07) is 5.50. The first-order valence-electron chi connectivity index (χ1n) is 16.5. The van der Waals surface area contributed by atoms with Gasteiger partial charge in [-0.3, -0.25) is 4.57 Å². The van der Waals surface area contributed by atoms with E-state index >= 15 is 0 Å². The first kappa shape index (κ1) is 34.6. The monoisotopic (exact) mass is 706 g/mol. The minimum absolute atomic E-state index is 0.0696. The second-order valence-electron chi connectivity index (χ2n) is 15.7. The topological polar surface area (TPSA) is 109 Å². The summed E-state index contributed by atoms with van der Waals surface area (Å²) in [6.07, 6.45) is 0.212. The van der Waals surface area contributed by atoms with Crippen LogP contribution in [0.2, 0.25) is 48.8 Å². The number of pyridine rings is 1. The number of rotatable bonds is 11. The Morgan fingerprint density at radius 1 is 1.06 bits per heavy atom. The lowest BCUT2D eigenvalue weighted by atomic mass is 10.1. The molecule has 1 aromatic carbocycles. The van der Waals surface area contributed by atoms with Gasteiger partial charge in [-0.2, -0.15) is 4.98 Å². The van der Waals surface area contributed by atoms with Crippen LogP contribution >= 0.6 is 11.6 Å². The number of benzene rings is 1. The second kappa shape index (κ2) is 12.9. The van der Waals surface area contributed by atoms with Gasteiger partial charge in [-0.15, -0.1) is 0 Å². The second-order valence-corrected chi connectivity index (χ2v) is 26.5. The van der Waals surface area contributed by atoms with Crippen molar-refractivity contribution in [3.63, 3.8) is 0 Å². The van der Waals surface area contributed by atoms with E-state index < -0.39 is 28.3 Å². The van der Waals surface area contributed by atoms with Gasteiger partial charge in [0.25, 0.3) is 0 Å². The van der Waals surface area contributed by atoms with Gasteiger partial charge < -0.3 is 33.8 Å². The molecule has 2 aromatic heterocycles. The Labute approximate surface area is 283 Å². The summed E-state index contributed by atoms with van der Waals surface area (Å²) in [5.74, 6) is -0.120. The highest BCUT2D eigenvalue weighted by molar-refractivity contribution is 6.76. The Bertz CT molecular complexity index is 1630. The third-order valence-corrected chi connectivity index (χ3v) is 16.4. The molecule has 14 heteroatoms. The molecule has 0 bridgehead atoms. The highest BCUT2D eigenvalue weighted by Gasteiger charge is 2.52. The highest BCUT2D eigenvalue weighted by Crippen LogP contribution is 2.42. The molecule has 3 aliphatic rings. The smallest absolute Gasteiger partial charge is 0.301 e. The van der Waals surface area contributed by atoms with Crippen LogP contribution in [0.5, 0.6) is 11.8 Å². The predicted molar refractivity (Wildman–Crippen MR) is 185 cm³/mol. The van der Waals surface area contributed by atoms with Crippen molar-refractivity contribution in [2.24, 2.45) is 0 Å². The molecule has 4 heterocycles. The van der Waals surface area contributed by atoms with E-state index in [0.29, 0.717) is 66.2 Å². The van der Waals surface area contributed by atoms with Crippen LogP contribution in [0.4, 0.5) is 10.2 Å². The maximum Gasteiger partial charge on any atom is 0.301 e. The number of aromatic hydroxyl groups is 1. The number of nitrogens with zero attached hydrogens (tertiary/aromatic N) is 3. The third kappa shape index (κ3) is 7.22. The molecule has 10 nitrogen and oxygen atoms in total. The number of nitrogens with one attached hydrogen (secondary N) is 1. The summed E-state index contributed by atoms with van der Waals surface area (Å²) in [4.78, 5) is 9.67. The van der Waals surface area contributed by atoms with Gasteiger partial charge in [-0.05, 0) is 54.7 Å². The van der Waals surface area contributed by atoms with E-state index in [9.17, 15) is 9.50 Å². The summed E-state index contributed by atoms with van der Waals surface area (Å²) >= 11 is 6.73. The summed E-state index contributed by atoms with van der Waals surface area (Å²) < 4.78 is 48.6. The number of halogens is 2. The summed E-state index contributed by atoms with van der Waals surface area (Å²) in [5.41, 5.74) is 2.38. The number of anilines is 1. The molecule has 3 aromatic rings. The van der Waals surface area contributed by atoms with Crippen molar-refractivity contribution in [2.75, 3.05) is 25.1 Å². The molecule has 47 heavy (non-hydrogen) atoms. The Morgan fingerprint density at radius 3 is 2.47 bits per heavy atom. The first-order valence-corrected chi connectivity index (χ1v) is 23.5. The number of fused-ring (bicyclic) bond motifs is 3. The van der Waals surface area contributed by atoms with E-state index in [0.717, 1.165) is 17.7 Å². The van der Waals surface area contributed by atoms with Crippen molar-refractivity contribution in [3.05, 3.63) is 40.2 Å². The van der Waals surface area contributed by atoms with E-state index in [2.05, 4.69) is 58.8 Å². The molecule has 1 aliphatic carbocycles. The van der Waals surface area contributed by atoms with Crippen molar-refractivity contribution in [1.29, 1.82) is 0 Å². The zero-order valence-electron chi connectivity index (χ0n) is 28.7.